The zero-order chi connectivity index (χ0) is 14.9. The molecular weight excluding hydrogens is 254 g/mol. The summed E-state index contributed by atoms with van der Waals surface area (Å²) >= 11 is 0. The Kier molecular flexibility index (Phi) is 4.02. The maximum atomic E-state index is 11.6. The lowest BCUT2D eigenvalue weighted by atomic mass is 10.0. The molecule has 0 saturated carbocycles. The van der Waals surface area contributed by atoms with Crippen molar-refractivity contribution in [3.63, 3.8) is 0 Å². The maximum absolute atomic E-state index is 11.6. The van der Waals surface area contributed by atoms with Gasteiger partial charge >= 0.3 is 0 Å². The molecule has 0 aromatic carbocycles. The van der Waals surface area contributed by atoms with E-state index in [0.29, 0.717) is 17.4 Å². The summed E-state index contributed by atoms with van der Waals surface area (Å²) in [5.41, 5.74) is 2.22. The fourth-order valence-corrected chi connectivity index (χ4v) is 2.41. The van der Waals surface area contributed by atoms with E-state index in [2.05, 4.69) is 19.9 Å². The van der Waals surface area contributed by atoms with Crippen molar-refractivity contribution in [1.29, 1.82) is 0 Å². The molecule has 0 N–H and O–H groups in total. The number of Topliss-reactive ketones (excluding diaryl/α,β-unsaturated/α-hetero) is 1. The number of hydrogen-bond donors (Lipinski definition) is 0. The molecule has 2 rings (SSSR count). The summed E-state index contributed by atoms with van der Waals surface area (Å²) in [6.45, 7) is 5.84. The molecule has 0 radical (unpaired) electrons. The summed E-state index contributed by atoms with van der Waals surface area (Å²) in [5, 5.41) is 0. The normalized spacial score (nSPS) is 11.1. The zero-order valence-corrected chi connectivity index (χ0v) is 12.7. The van der Waals surface area contributed by atoms with E-state index < -0.39 is 0 Å². The summed E-state index contributed by atoms with van der Waals surface area (Å²) < 4.78 is 13.0. The Labute approximate surface area is 119 Å². The van der Waals surface area contributed by atoms with Crippen LogP contribution in [0.1, 0.15) is 36.9 Å². The van der Waals surface area contributed by atoms with Crippen LogP contribution >= 0.6 is 0 Å². The average molecular weight is 275 g/mol. The van der Waals surface area contributed by atoms with E-state index in [4.69, 9.17) is 9.15 Å². The van der Waals surface area contributed by atoms with Crippen molar-refractivity contribution in [3.8, 4) is 17.2 Å². The number of ether oxygens (including phenoxy) is 1. The van der Waals surface area contributed by atoms with Gasteiger partial charge in [-0.15, -0.1) is 0 Å². The van der Waals surface area contributed by atoms with Gasteiger partial charge in [-0.05, 0) is 24.0 Å². The Bertz CT molecular complexity index is 620. The van der Waals surface area contributed by atoms with Crippen molar-refractivity contribution < 1.29 is 13.9 Å². The van der Waals surface area contributed by atoms with Crippen molar-refractivity contribution >= 4 is 5.78 Å². The van der Waals surface area contributed by atoms with Gasteiger partial charge in [0.25, 0.3) is 0 Å². The molecule has 0 aliphatic heterocycles. The van der Waals surface area contributed by atoms with E-state index in [0.717, 1.165) is 12.1 Å². The first-order valence-corrected chi connectivity index (χ1v) is 6.77. The molecule has 0 aliphatic rings. The van der Waals surface area contributed by atoms with Crippen LogP contribution in [0.4, 0.5) is 0 Å². The molecule has 4 nitrogen and oxygen atoms in total. The number of carbonyl (C=O) groups excluding carboxylic acids is 1. The number of hydrogen-bond acceptors (Lipinski definition) is 3. The number of methoxy groups -OCH3 is 1. The molecule has 0 aliphatic carbocycles. The molecule has 4 heteroatoms. The van der Waals surface area contributed by atoms with Crippen LogP contribution in [0, 0.1) is 5.92 Å². The minimum absolute atomic E-state index is 0.132. The highest BCUT2D eigenvalue weighted by molar-refractivity contribution is 5.94. The third-order valence-electron chi connectivity index (χ3n) is 3.26. The molecule has 0 fully saturated rings. The lowest BCUT2D eigenvalue weighted by Crippen LogP contribution is -1.97. The van der Waals surface area contributed by atoms with Gasteiger partial charge in [0, 0.05) is 26.2 Å². The summed E-state index contributed by atoms with van der Waals surface area (Å²) in [7, 11) is 3.52. The molecule has 0 bridgehead atoms. The molecular formula is C16H21NO3. The third-order valence-corrected chi connectivity index (χ3v) is 3.26. The number of furan rings is 1. The molecule has 0 amide bonds. The number of aryl methyl sites for hydroxylation is 1. The van der Waals surface area contributed by atoms with Gasteiger partial charge in [0.2, 0.25) is 5.76 Å². The number of rotatable bonds is 5. The molecule has 2 aromatic rings. The fraction of sp³-hybridized carbons (Fsp3) is 0.438. The summed E-state index contributed by atoms with van der Waals surface area (Å²) in [6.07, 6.45) is 2.98. The van der Waals surface area contributed by atoms with Gasteiger partial charge in [-0.3, -0.25) is 4.79 Å². The second kappa shape index (κ2) is 5.57. The Morgan fingerprint density at radius 2 is 2.15 bits per heavy atom. The minimum Gasteiger partial charge on any atom is -0.493 e. The Morgan fingerprint density at radius 1 is 1.45 bits per heavy atom. The van der Waals surface area contributed by atoms with Gasteiger partial charge in [-0.25, -0.2) is 0 Å². The van der Waals surface area contributed by atoms with Crippen molar-refractivity contribution in [2.24, 2.45) is 13.0 Å². The monoisotopic (exact) mass is 275 g/mol. The Balaban J connectivity index is 2.51. The molecule has 0 unspecified atom stereocenters. The van der Waals surface area contributed by atoms with Gasteiger partial charge in [0.05, 0.1) is 12.8 Å². The van der Waals surface area contributed by atoms with Gasteiger partial charge in [0.1, 0.15) is 0 Å². The predicted octanol–water partition coefficient (Wildman–Crippen LogP) is 3.69. The van der Waals surface area contributed by atoms with Crippen LogP contribution in [0.15, 0.2) is 22.7 Å². The smallest absolute Gasteiger partial charge is 0.212 e. The van der Waals surface area contributed by atoms with Crippen LogP contribution in [0.3, 0.4) is 0 Å². The van der Waals surface area contributed by atoms with Crippen LogP contribution in [0.25, 0.3) is 11.5 Å². The second-order valence-corrected chi connectivity index (χ2v) is 5.46. The largest absolute Gasteiger partial charge is 0.493 e. The highest BCUT2D eigenvalue weighted by Gasteiger charge is 2.20. The van der Waals surface area contributed by atoms with Gasteiger partial charge in [0.15, 0.2) is 17.3 Å². The highest BCUT2D eigenvalue weighted by atomic mass is 16.5. The van der Waals surface area contributed by atoms with Crippen molar-refractivity contribution in [2.75, 3.05) is 7.11 Å². The van der Waals surface area contributed by atoms with Crippen LogP contribution in [-0.4, -0.2) is 17.5 Å². The third kappa shape index (κ3) is 2.64. The van der Waals surface area contributed by atoms with E-state index in [1.165, 1.54) is 12.5 Å². The van der Waals surface area contributed by atoms with E-state index in [1.807, 2.05) is 17.8 Å². The highest BCUT2D eigenvalue weighted by Crippen LogP contribution is 2.34. The molecule has 108 valence electrons. The van der Waals surface area contributed by atoms with E-state index in [1.54, 1.807) is 13.2 Å². The van der Waals surface area contributed by atoms with E-state index >= 15 is 0 Å². The van der Waals surface area contributed by atoms with E-state index in [9.17, 15) is 4.79 Å². The molecule has 2 aromatic heterocycles. The second-order valence-electron chi connectivity index (χ2n) is 5.46. The number of nitrogens with zero attached hydrogens (tertiary/aromatic N) is 1. The van der Waals surface area contributed by atoms with Crippen molar-refractivity contribution in [1.82, 2.24) is 4.57 Å². The first-order chi connectivity index (χ1) is 9.43. The molecule has 20 heavy (non-hydrogen) atoms. The Hall–Kier alpha value is -1.97. The summed E-state index contributed by atoms with van der Waals surface area (Å²) in [4.78, 5) is 11.6. The maximum Gasteiger partial charge on any atom is 0.212 e. The van der Waals surface area contributed by atoms with E-state index in [-0.39, 0.29) is 11.5 Å². The van der Waals surface area contributed by atoms with Crippen LogP contribution < -0.4 is 4.74 Å². The van der Waals surface area contributed by atoms with Crippen LogP contribution in [0.5, 0.6) is 5.75 Å². The van der Waals surface area contributed by atoms with Crippen molar-refractivity contribution in [3.05, 3.63) is 29.7 Å². The van der Waals surface area contributed by atoms with Gasteiger partial charge in [-0.2, -0.15) is 0 Å². The topological polar surface area (TPSA) is 44.4 Å². The van der Waals surface area contributed by atoms with Gasteiger partial charge in [-0.1, -0.05) is 13.8 Å². The lowest BCUT2D eigenvalue weighted by molar-refractivity contribution is 0.0984. The molecule has 0 spiro atoms. The standard InChI is InChI=1S/C16H21NO3/c1-10(2)8-12-6-7-17(4)15(12)13-9-14(19-5)16(20-13)11(3)18/h6-7,9-10H,8H2,1-5H3. The summed E-state index contributed by atoms with van der Waals surface area (Å²) in [6, 6.07) is 3.88. The average Bonchev–Trinajstić information content (AvgIpc) is 2.92. The molecule has 2 heterocycles. The minimum atomic E-state index is -0.132. The van der Waals surface area contributed by atoms with Gasteiger partial charge < -0.3 is 13.7 Å². The molecule has 0 saturated heterocycles. The Morgan fingerprint density at radius 3 is 2.65 bits per heavy atom. The first-order valence-electron chi connectivity index (χ1n) is 6.77. The number of carbonyl (C=O) groups is 1. The van der Waals surface area contributed by atoms with Crippen LogP contribution in [-0.2, 0) is 13.5 Å². The quantitative estimate of drug-likeness (QED) is 0.782. The summed E-state index contributed by atoms with van der Waals surface area (Å²) in [5.74, 6) is 1.87. The van der Waals surface area contributed by atoms with Crippen molar-refractivity contribution in [2.45, 2.75) is 27.2 Å². The fourth-order valence-electron chi connectivity index (χ4n) is 2.41. The zero-order valence-electron chi connectivity index (χ0n) is 12.7. The lowest BCUT2D eigenvalue weighted by Gasteiger charge is -2.07. The predicted molar refractivity (Wildman–Crippen MR) is 78.2 cm³/mol. The number of ketones is 1. The molecule has 0 atom stereocenters. The number of aromatic nitrogens is 1. The SMILES string of the molecule is COc1cc(-c2c(CC(C)C)ccn2C)oc1C(C)=O. The first kappa shape index (κ1) is 14.4. The van der Waals surface area contributed by atoms with Crippen LogP contribution in [0.2, 0.25) is 0 Å².